The van der Waals surface area contributed by atoms with Gasteiger partial charge in [0.1, 0.15) is 5.82 Å². The molecule has 3 amide bonds. The minimum absolute atomic E-state index is 0. The molecule has 1 aromatic heterocycles. The van der Waals surface area contributed by atoms with Gasteiger partial charge in [0.2, 0.25) is 5.91 Å². The van der Waals surface area contributed by atoms with Crippen LogP contribution in [0.2, 0.25) is 0 Å². The molecule has 230 valence electrons. The fourth-order valence-electron chi connectivity index (χ4n) is 6.42. The lowest BCUT2D eigenvalue weighted by molar-refractivity contribution is -0.137. The number of nitrogens with zero attached hydrogens (tertiary/aromatic N) is 5. The van der Waals surface area contributed by atoms with Crippen LogP contribution in [-0.4, -0.2) is 93.6 Å². The van der Waals surface area contributed by atoms with Gasteiger partial charge >= 0.3 is 11.7 Å². The second kappa shape index (κ2) is 13.1. The Morgan fingerprint density at radius 2 is 1.62 bits per heavy atom. The zero-order valence-electron chi connectivity index (χ0n) is 24.8. The summed E-state index contributed by atoms with van der Waals surface area (Å²) >= 11 is 0. The Labute approximate surface area is 254 Å². The van der Waals surface area contributed by atoms with Crippen LogP contribution in [0.15, 0.2) is 41.3 Å². The lowest BCUT2D eigenvalue weighted by atomic mass is 9.61. The third kappa shape index (κ3) is 7.50. The molecule has 2 aromatic rings. The first-order valence-corrected chi connectivity index (χ1v) is 14.8. The Hall–Kier alpha value is -2.99. The van der Waals surface area contributed by atoms with Crippen molar-refractivity contribution in [3.63, 3.8) is 0 Å². The van der Waals surface area contributed by atoms with Gasteiger partial charge in [-0.3, -0.25) is 14.7 Å². The molecular formula is C30H45ClN8O3. The number of hydrogen-bond acceptors (Lipinski definition) is 7. The minimum atomic E-state index is -0.944. The zero-order chi connectivity index (χ0) is 29.2. The molecule has 42 heavy (non-hydrogen) atoms. The van der Waals surface area contributed by atoms with Crippen molar-refractivity contribution in [2.24, 2.45) is 16.9 Å². The number of likely N-dealkylation sites (tertiary alicyclic amines) is 1. The van der Waals surface area contributed by atoms with Crippen LogP contribution in [0.1, 0.15) is 51.5 Å². The summed E-state index contributed by atoms with van der Waals surface area (Å²) in [5.41, 5.74) is 13.0. The molecule has 0 radical (unpaired) electrons. The van der Waals surface area contributed by atoms with Gasteiger partial charge < -0.3 is 26.2 Å². The lowest BCUT2D eigenvalue weighted by Gasteiger charge is -2.51. The molecule has 12 heteroatoms. The van der Waals surface area contributed by atoms with E-state index in [0.717, 1.165) is 25.1 Å². The van der Waals surface area contributed by atoms with E-state index in [2.05, 4.69) is 27.3 Å². The highest BCUT2D eigenvalue weighted by molar-refractivity contribution is 5.89. The van der Waals surface area contributed by atoms with Crippen LogP contribution in [0, 0.1) is 5.41 Å². The van der Waals surface area contributed by atoms with E-state index >= 15 is 0 Å². The highest BCUT2D eigenvalue weighted by Crippen LogP contribution is 2.48. The van der Waals surface area contributed by atoms with Crippen molar-refractivity contribution in [3.8, 4) is 5.69 Å². The second-order valence-corrected chi connectivity index (χ2v) is 12.7. The largest absolute Gasteiger partial charge is 0.354 e. The summed E-state index contributed by atoms with van der Waals surface area (Å²) in [5.74, 6) is 0.0550. The number of piperidine rings is 1. The van der Waals surface area contributed by atoms with Crippen molar-refractivity contribution in [2.45, 2.75) is 64.0 Å². The summed E-state index contributed by atoms with van der Waals surface area (Å²) in [7, 11) is 0. The predicted octanol–water partition coefficient (Wildman–Crippen LogP) is 2.20. The highest BCUT2D eigenvalue weighted by Gasteiger charge is 2.44. The first kappa shape index (κ1) is 31.9. The fraction of sp³-hybridized carbons (Fsp3) is 0.600. The molecule has 3 fully saturated rings. The van der Waals surface area contributed by atoms with Gasteiger partial charge in [-0.05, 0) is 101 Å². The van der Waals surface area contributed by atoms with Crippen LogP contribution < -0.4 is 22.5 Å². The molecule has 3 heterocycles. The smallest absolute Gasteiger partial charge is 0.338 e. The molecule has 1 aromatic carbocycles. The van der Waals surface area contributed by atoms with Crippen molar-refractivity contribution < 1.29 is 9.59 Å². The molecule has 5 rings (SSSR count). The Balaban J connectivity index is 0.00000405. The fourth-order valence-corrected chi connectivity index (χ4v) is 6.42. The Bertz CT molecular complexity index is 1280. The number of nitrogens with one attached hydrogen (secondary N) is 1. The molecule has 5 N–H and O–H groups in total. The summed E-state index contributed by atoms with van der Waals surface area (Å²) in [6.07, 6.45) is 8.72. The molecule has 1 aliphatic carbocycles. The Morgan fingerprint density at radius 3 is 2.19 bits per heavy atom. The van der Waals surface area contributed by atoms with Crippen LogP contribution in [0.5, 0.6) is 0 Å². The summed E-state index contributed by atoms with van der Waals surface area (Å²) in [6, 6.07) is 9.69. The van der Waals surface area contributed by atoms with Crippen LogP contribution in [0.4, 0.5) is 10.6 Å². The number of carbonyl (C=O) groups excluding carboxylic acids is 2. The Morgan fingerprint density at radius 1 is 1.00 bits per heavy atom. The monoisotopic (exact) mass is 600 g/mol. The van der Waals surface area contributed by atoms with Gasteiger partial charge in [0.25, 0.3) is 0 Å². The topological polar surface area (TPSA) is 143 Å². The normalized spacial score (nSPS) is 19.2. The number of aryl methyl sites for hydroxylation is 1. The van der Waals surface area contributed by atoms with Crippen molar-refractivity contribution >= 4 is 30.2 Å². The van der Waals surface area contributed by atoms with Crippen molar-refractivity contribution in [1.29, 1.82) is 0 Å². The molecule has 0 bridgehead atoms. The number of carbonyl (C=O) groups is 2. The summed E-state index contributed by atoms with van der Waals surface area (Å²) < 4.78 is 1.47. The van der Waals surface area contributed by atoms with E-state index in [1.807, 2.05) is 12.1 Å². The van der Waals surface area contributed by atoms with Gasteiger partial charge in [-0.2, -0.15) is 4.98 Å². The summed E-state index contributed by atoms with van der Waals surface area (Å²) in [6.45, 7) is 8.41. The number of aromatic nitrogens is 2. The maximum Gasteiger partial charge on any atom is 0.354 e. The maximum absolute atomic E-state index is 12.8. The molecule has 2 aliphatic heterocycles. The standard InChI is InChI=1S/C30H44N8O3.ClH/c1-29(2,32)26(39)36-16-18-37(19-17-36)27(40)33-25-9-13-38(28(41)34-25)24-7-5-22(6-8-24)4-3-12-35-14-10-30(11-15-35)20-23(31)21-30;/h5-9,13,23H,3-4,10-12,14-21,31-32H2,1-2H3,(H,33,34,40,41);1H. The van der Waals surface area contributed by atoms with Gasteiger partial charge in [-0.15, -0.1) is 12.4 Å². The quantitative estimate of drug-likeness (QED) is 0.442. The molecule has 1 spiro atoms. The van der Waals surface area contributed by atoms with Crippen LogP contribution in [0.25, 0.3) is 5.69 Å². The van der Waals surface area contributed by atoms with Crippen LogP contribution >= 0.6 is 12.4 Å². The average Bonchev–Trinajstić information content (AvgIpc) is 2.93. The molecule has 11 nitrogen and oxygen atoms in total. The van der Waals surface area contributed by atoms with E-state index in [-0.39, 0.29) is 30.2 Å². The second-order valence-electron chi connectivity index (χ2n) is 12.7. The van der Waals surface area contributed by atoms with E-state index in [4.69, 9.17) is 11.5 Å². The summed E-state index contributed by atoms with van der Waals surface area (Å²) in [4.78, 5) is 47.8. The number of halogens is 1. The molecule has 3 aliphatic rings. The molecule has 0 atom stereocenters. The number of amides is 3. The molecular weight excluding hydrogens is 556 g/mol. The van der Waals surface area contributed by atoms with Gasteiger partial charge in [0, 0.05) is 38.4 Å². The number of nitrogens with two attached hydrogens (primary N) is 2. The SMILES string of the molecule is CC(C)(N)C(=O)N1CCN(C(=O)Nc2ccn(-c3ccc(CCCN4CCC5(CC4)CC(N)C5)cc3)c(=O)n2)CC1.Cl. The zero-order valence-corrected chi connectivity index (χ0v) is 25.6. The predicted molar refractivity (Wildman–Crippen MR) is 166 cm³/mol. The van der Waals surface area contributed by atoms with Gasteiger partial charge in [0.05, 0.1) is 11.2 Å². The van der Waals surface area contributed by atoms with E-state index < -0.39 is 11.2 Å². The molecule has 2 saturated heterocycles. The molecule has 0 unspecified atom stereocenters. The van der Waals surface area contributed by atoms with E-state index in [1.165, 1.54) is 48.9 Å². The van der Waals surface area contributed by atoms with Crippen molar-refractivity contribution in [3.05, 3.63) is 52.6 Å². The minimum Gasteiger partial charge on any atom is -0.338 e. The first-order valence-electron chi connectivity index (χ1n) is 14.8. The van der Waals surface area contributed by atoms with Gasteiger partial charge in [-0.25, -0.2) is 9.59 Å². The van der Waals surface area contributed by atoms with Crippen LogP contribution in [0.3, 0.4) is 0 Å². The van der Waals surface area contributed by atoms with Gasteiger partial charge in [0.15, 0.2) is 0 Å². The third-order valence-electron chi connectivity index (χ3n) is 8.91. The first-order chi connectivity index (χ1) is 19.5. The average molecular weight is 601 g/mol. The molecule has 1 saturated carbocycles. The van der Waals surface area contributed by atoms with Crippen molar-refractivity contribution in [1.82, 2.24) is 24.3 Å². The number of hydrogen-bond donors (Lipinski definition) is 3. The number of piperazine rings is 1. The van der Waals surface area contributed by atoms with E-state index in [0.29, 0.717) is 37.6 Å². The number of urea groups is 1. The number of rotatable bonds is 7. The number of anilines is 1. The Kier molecular flexibility index (Phi) is 9.97. The highest BCUT2D eigenvalue weighted by atomic mass is 35.5. The number of benzene rings is 1. The van der Waals surface area contributed by atoms with Crippen LogP contribution in [-0.2, 0) is 11.2 Å². The van der Waals surface area contributed by atoms with E-state index in [9.17, 15) is 14.4 Å². The van der Waals surface area contributed by atoms with Gasteiger partial charge in [-0.1, -0.05) is 12.1 Å². The van der Waals surface area contributed by atoms with Crippen molar-refractivity contribution in [2.75, 3.05) is 51.1 Å². The third-order valence-corrected chi connectivity index (χ3v) is 8.91. The maximum atomic E-state index is 12.8. The summed E-state index contributed by atoms with van der Waals surface area (Å²) in [5, 5.41) is 2.70. The van der Waals surface area contributed by atoms with E-state index in [1.54, 1.807) is 35.9 Å². The lowest BCUT2D eigenvalue weighted by Crippen LogP contribution is -2.58.